The van der Waals surface area contributed by atoms with Gasteiger partial charge in [-0.05, 0) is 42.6 Å². The Hall–Kier alpha value is -1.95. The van der Waals surface area contributed by atoms with E-state index in [0.29, 0.717) is 10.2 Å². The minimum absolute atomic E-state index is 0.0237. The lowest BCUT2D eigenvalue weighted by Gasteiger charge is -2.27. The van der Waals surface area contributed by atoms with Gasteiger partial charge >= 0.3 is 0 Å². The molecule has 0 unspecified atom stereocenters. The Kier molecular flexibility index (Phi) is 4.58. The van der Waals surface area contributed by atoms with Crippen LogP contribution in [0.2, 0.25) is 0 Å². The number of carbonyl (C=O) groups is 1. The highest BCUT2D eigenvalue weighted by Gasteiger charge is 2.35. The van der Waals surface area contributed by atoms with Crippen LogP contribution in [0.15, 0.2) is 29.1 Å². The maximum atomic E-state index is 12.6. The molecule has 1 aliphatic rings. The molecule has 2 aromatic rings. The van der Waals surface area contributed by atoms with Crippen molar-refractivity contribution in [3.63, 3.8) is 0 Å². The molecule has 128 valence electrons. The number of hydrogen-bond acceptors (Lipinski definition) is 3. The molecule has 0 spiro atoms. The van der Waals surface area contributed by atoms with Crippen molar-refractivity contribution in [1.82, 2.24) is 14.9 Å². The van der Waals surface area contributed by atoms with Crippen molar-refractivity contribution >= 4 is 29.0 Å². The topological polar surface area (TPSA) is 66.9 Å². The first-order chi connectivity index (χ1) is 11.4. The third-order valence-corrected chi connectivity index (χ3v) is 5.37. The Labute approximate surface area is 146 Å². The quantitative estimate of drug-likeness (QED) is 0.837. The Bertz CT molecular complexity index is 882. The molecule has 1 amide bonds. The van der Waals surface area contributed by atoms with Crippen LogP contribution in [-0.4, -0.2) is 21.5 Å². The van der Waals surface area contributed by atoms with Crippen LogP contribution in [0, 0.1) is 10.2 Å². The van der Waals surface area contributed by atoms with E-state index in [-0.39, 0.29) is 35.9 Å². The first-order valence-corrected chi connectivity index (χ1v) is 8.80. The highest BCUT2D eigenvalue weighted by molar-refractivity contribution is 7.71. The van der Waals surface area contributed by atoms with E-state index in [1.54, 1.807) is 6.07 Å². The van der Waals surface area contributed by atoms with Crippen molar-refractivity contribution in [2.75, 3.05) is 0 Å². The second-order valence-corrected chi connectivity index (χ2v) is 7.57. The molecule has 24 heavy (non-hydrogen) atoms. The van der Waals surface area contributed by atoms with E-state index in [4.69, 9.17) is 12.2 Å². The van der Waals surface area contributed by atoms with Gasteiger partial charge < -0.3 is 10.3 Å². The number of carbonyl (C=O) groups excluding carboxylic acids is 1. The molecule has 0 bridgehead atoms. The molecule has 5 nitrogen and oxygen atoms in total. The van der Waals surface area contributed by atoms with Gasteiger partial charge in [-0.3, -0.25) is 14.2 Å². The van der Waals surface area contributed by atoms with E-state index in [1.165, 1.54) is 4.57 Å². The van der Waals surface area contributed by atoms with E-state index in [1.807, 2.05) is 18.2 Å². The maximum Gasteiger partial charge on any atom is 0.262 e. The summed E-state index contributed by atoms with van der Waals surface area (Å²) in [5.74, 6) is -0.0237. The van der Waals surface area contributed by atoms with Crippen LogP contribution < -0.4 is 10.9 Å². The number of nitrogens with one attached hydrogen (secondary N) is 2. The molecule has 0 saturated heterocycles. The number of benzene rings is 1. The van der Waals surface area contributed by atoms with Gasteiger partial charge in [-0.15, -0.1) is 0 Å². The molecular formula is C18H23N3O2S. The van der Waals surface area contributed by atoms with Crippen molar-refractivity contribution in [3.05, 3.63) is 39.4 Å². The highest BCUT2D eigenvalue weighted by atomic mass is 32.1. The molecule has 6 heteroatoms. The molecule has 3 rings (SSSR count). The van der Waals surface area contributed by atoms with Gasteiger partial charge in [0.15, 0.2) is 4.77 Å². The first-order valence-electron chi connectivity index (χ1n) is 8.40. The maximum absolute atomic E-state index is 12.6. The summed E-state index contributed by atoms with van der Waals surface area (Å²) in [4.78, 5) is 27.9. The summed E-state index contributed by atoms with van der Waals surface area (Å²) in [6.45, 7) is 4.67. The van der Waals surface area contributed by atoms with Crippen LogP contribution in [0.1, 0.15) is 39.5 Å². The molecule has 1 aromatic carbocycles. The summed E-state index contributed by atoms with van der Waals surface area (Å²) >= 11 is 5.27. The highest BCUT2D eigenvalue weighted by Crippen LogP contribution is 2.37. The summed E-state index contributed by atoms with van der Waals surface area (Å²) in [7, 11) is 0. The lowest BCUT2D eigenvalue weighted by molar-refractivity contribution is -0.122. The summed E-state index contributed by atoms with van der Waals surface area (Å²) < 4.78 is 1.82. The lowest BCUT2D eigenvalue weighted by atomic mass is 9.87. The predicted molar refractivity (Wildman–Crippen MR) is 97.6 cm³/mol. The smallest absolute Gasteiger partial charge is 0.262 e. The molecule has 0 radical (unpaired) electrons. The number of nitrogens with zero attached hydrogens (tertiary/aromatic N) is 1. The molecule has 1 saturated carbocycles. The largest absolute Gasteiger partial charge is 0.353 e. The zero-order valence-corrected chi connectivity index (χ0v) is 14.9. The normalized spacial score (nSPS) is 19.5. The lowest BCUT2D eigenvalue weighted by Crippen LogP contribution is -2.42. The number of aromatic amines is 1. The standard InChI is InChI=1S/C18H23N3O2S/c1-18(2)10-5-8-14(18)20-15(22)9-11-21-16(23)12-6-3-4-7-13(12)19-17(21)24/h3-4,6-7,14H,5,8-11H2,1-2H3,(H,19,24)(H,20,22)/t14-/m1/s1. The fourth-order valence-corrected chi connectivity index (χ4v) is 3.76. The fraction of sp³-hybridized carbons (Fsp3) is 0.500. The third-order valence-electron chi connectivity index (χ3n) is 5.04. The SMILES string of the molecule is CC1(C)CCC[C@H]1NC(=O)CCn1c(=S)[nH]c2ccccc2c1=O. The Morgan fingerprint density at radius 1 is 1.42 bits per heavy atom. The minimum Gasteiger partial charge on any atom is -0.353 e. The number of fused-ring (bicyclic) bond motifs is 1. The van der Waals surface area contributed by atoms with Crippen LogP contribution in [0.25, 0.3) is 10.9 Å². The van der Waals surface area contributed by atoms with E-state index >= 15 is 0 Å². The fourth-order valence-electron chi connectivity index (χ4n) is 3.48. The van der Waals surface area contributed by atoms with Gasteiger partial charge in [0.2, 0.25) is 5.91 Å². The van der Waals surface area contributed by atoms with Crippen LogP contribution in [0.3, 0.4) is 0 Å². The van der Waals surface area contributed by atoms with Gasteiger partial charge in [0, 0.05) is 19.0 Å². The van der Waals surface area contributed by atoms with Crippen molar-refractivity contribution in [1.29, 1.82) is 0 Å². The van der Waals surface area contributed by atoms with E-state index in [2.05, 4.69) is 24.1 Å². The average molecular weight is 345 g/mol. The van der Waals surface area contributed by atoms with E-state index in [9.17, 15) is 9.59 Å². The number of para-hydroxylation sites is 1. The van der Waals surface area contributed by atoms with Crippen molar-refractivity contribution < 1.29 is 4.79 Å². The van der Waals surface area contributed by atoms with Gasteiger partial charge in [-0.1, -0.05) is 32.4 Å². The molecule has 1 atom stereocenters. The molecule has 1 aromatic heterocycles. The summed E-state index contributed by atoms with van der Waals surface area (Å²) in [6.07, 6.45) is 3.55. The summed E-state index contributed by atoms with van der Waals surface area (Å²) in [5.41, 5.74) is 0.719. The monoisotopic (exact) mass is 345 g/mol. The average Bonchev–Trinajstić information content (AvgIpc) is 2.85. The summed E-state index contributed by atoms with van der Waals surface area (Å²) in [5, 5.41) is 3.70. The van der Waals surface area contributed by atoms with E-state index < -0.39 is 0 Å². The first kappa shape index (κ1) is 16.9. The molecular weight excluding hydrogens is 322 g/mol. The molecule has 1 heterocycles. The van der Waals surface area contributed by atoms with Crippen molar-refractivity contribution in [3.8, 4) is 0 Å². The Morgan fingerprint density at radius 2 is 2.17 bits per heavy atom. The van der Waals surface area contributed by atoms with Crippen molar-refractivity contribution in [2.45, 2.75) is 52.1 Å². The van der Waals surface area contributed by atoms with Crippen LogP contribution in [0.5, 0.6) is 0 Å². The number of H-pyrrole nitrogens is 1. The van der Waals surface area contributed by atoms with Crippen LogP contribution >= 0.6 is 12.2 Å². The molecule has 0 aliphatic heterocycles. The van der Waals surface area contributed by atoms with E-state index in [0.717, 1.165) is 24.8 Å². The zero-order chi connectivity index (χ0) is 17.3. The number of aromatic nitrogens is 2. The molecule has 1 fully saturated rings. The van der Waals surface area contributed by atoms with Gasteiger partial charge in [-0.2, -0.15) is 0 Å². The van der Waals surface area contributed by atoms with Gasteiger partial charge in [0.05, 0.1) is 10.9 Å². The van der Waals surface area contributed by atoms with Crippen LogP contribution in [-0.2, 0) is 11.3 Å². The van der Waals surface area contributed by atoms with Crippen LogP contribution in [0.4, 0.5) is 0 Å². The third kappa shape index (κ3) is 3.29. The molecule has 2 N–H and O–H groups in total. The molecule has 1 aliphatic carbocycles. The summed E-state index contributed by atoms with van der Waals surface area (Å²) in [6, 6.07) is 7.48. The second kappa shape index (κ2) is 6.51. The number of hydrogen-bond donors (Lipinski definition) is 2. The Balaban J connectivity index is 1.73. The second-order valence-electron chi connectivity index (χ2n) is 7.18. The van der Waals surface area contributed by atoms with Gasteiger partial charge in [-0.25, -0.2) is 0 Å². The number of amides is 1. The van der Waals surface area contributed by atoms with Crippen molar-refractivity contribution in [2.24, 2.45) is 5.41 Å². The van der Waals surface area contributed by atoms with Gasteiger partial charge in [0.25, 0.3) is 5.56 Å². The van der Waals surface area contributed by atoms with Gasteiger partial charge in [0.1, 0.15) is 0 Å². The number of rotatable bonds is 4. The predicted octanol–water partition coefficient (Wildman–Crippen LogP) is 3.14. The Morgan fingerprint density at radius 3 is 2.88 bits per heavy atom. The minimum atomic E-state index is -0.150. The zero-order valence-electron chi connectivity index (χ0n) is 14.1.